The van der Waals surface area contributed by atoms with Gasteiger partial charge in [0, 0.05) is 11.3 Å². The molecule has 2 amide bonds. The van der Waals surface area contributed by atoms with E-state index in [1.54, 1.807) is 6.92 Å². The lowest BCUT2D eigenvalue weighted by Gasteiger charge is -2.25. The monoisotopic (exact) mass is 256 g/mol. The van der Waals surface area contributed by atoms with Gasteiger partial charge < -0.3 is 10.6 Å². The Balaban J connectivity index is 2.27. The van der Waals surface area contributed by atoms with Gasteiger partial charge in [-0.3, -0.25) is 4.79 Å². The third kappa shape index (κ3) is 3.10. The molecule has 1 aromatic carbocycles. The third-order valence-corrected chi connectivity index (χ3v) is 2.96. The number of carbonyl (C=O) groups excluding carboxylic acids is 2. The molecule has 19 heavy (non-hydrogen) atoms. The second kappa shape index (κ2) is 5.52. The van der Waals surface area contributed by atoms with Gasteiger partial charge in [0.2, 0.25) is 0 Å². The van der Waals surface area contributed by atoms with E-state index in [1.807, 2.05) is 42.5 Å². The highest BCUT2D eigenvalue weighted by atomic mass is 16.2. The number of allylic oxidation sites excluding steroid dienone is 1. The van der Waals surface area contributed by atoms with E-state index < -0.39 is 0 Å². The summed E-state index contributed by atoms with van der Waals surface area (Å²) in [7, 11) is 0. The fraction of sp³-hybridized carbons (Fsp3) is 0.200. The third-order valence-electron chi connectivity index (χ3n) is 2.96. The van der Waals surface area contributed by atoms with Crippen LogP contribution in [0.3, 0.4) is 0 Å². The second-order valence-corrected chi connectivity index (χ2v) is 4.44. The first kappa shape index (κ1) is 13.1. The molecule has 1 unspecified atom stereocenters. The first-order chi connectivity index (χ1) is 9.08. The zero-order valence-electron chi connectivity index (χ0n) is 10.9. The number of ketones is 1. The molecular formula is C15H16N2O2. The highest BCUT2D eigenvalue weighted by Gasteiger charge is 2.25. The zero-order valence-corrected chi connectivity index (χ0v) is 10.9. The Morgan fingerprint density at radius 2 is 1.95 bits per heavy atom. The molecule has 98 valence electrons. The minimum absolute atomic E-state index is 0.0484. The molecule has 4 nitrogen and oxygen atoms in total. The summed E-state index contributed by atoms with van der Waals surface area (Å²) >= 11 is 0. The number of urea groups is 1. The second-order valence-electron chi connectivity index (χ2n) is 4.44. The van der Waals surface area contributed by atoms with Crippen LogP contribution in [0.2, 0.25) is 0 Å². The molecule has 0 aromatic heterocycles. The minimum atomic E-state index is -0.383. The summed E-state index contributed by atoms with van der Waals surface area (Å²) in [5, 5.41) is 5.35. The van der Waals surface area contributed by atoms with Crippen LogP contribution in [0.25, 0.3) is 6.08 Å². The van der Waals surface area contributed by atoms with Crippen molar-refractivity contribution in [1.29, 1.82) is 0 Å². The van der Waals surface area contributed by atoms with Gasteiger partial charge in [-0.25, -0.2) is 4.79 Å². The van der Waals surface area contributed by atoms with Gasteiger partial charge in [0.15, 0.2) is 5.78 Å². The van der Waals surface area contributed by atoms with Crippen molar-refractivity contribution in [2.45, 2.75) is 19.9 Å². The van der Waals surface area contributed by atoms with Gasteiger partial charge in [-0.05, 0) is 19.4 Å². The number of amides is 2. The molecule has 1 aromatic rings. The molecule has 4 heteroatoms. The average molecular weight is 256 g/mol. The predicted molar refractivity (Wildman–Crippen MR) is 74.3 cm³/mol. The summed E-state index contributed by atoms with van der Waals surface area (Å²) in [6, 6.07) is 9.07. The van der Waals surface area contributed by atoms with Crippen LogP contribution in [-0.4, -0.2) is 17.9 Å². The smallest absolute Gasteiger partial charge is 0.319 e. The van der Waals surface area contributed by atoms with E-state index in [-0.39, 0.29) is 17.9 Å². The Morgan fingerprint density at radius 3 is 2.58 bits per heavy atom. The predicted octanol–water partition coefficient (Wildman–Crippen LogP) is 2.24. The molecule has 1 atom stereocenters. The summed E-state index contributed by atoms with van der Waals surface area (Å²) < 4.78 is 0. The molecule has 0 aliphatic carbocycles. The number of carbonyl (C=O) groups is 2. The Morgan fingerprint density at radius 1 is 1.26 bits per heavy atom. The SMILES string of the molecule is CC(=O)C1=C(C)NC(=O)NC1/C=C\c1ccccc1. The van der Waals surface area contributed by atoms with E-state index in [0.717, 1.165) is 5.56 Å². The van der Waals surface area contributed by atoms with Crippen LogP contribution in [-0.2, 0) is 4.79 Å². The van der Waals surface area contributed by atoms with E-state index in [9.17, 15) is 9.59 Å². The maximum absolute atomic E-state index is 11.7. The highest BCUT2D eigenvalue weighted by Crippen LogP contribution is 2.15. The average Bonchev–Trinajstić information content (AvgIpc) is 2.36. The van der Waals surface area contributed by atoms with Crippen molar-refractivity contribution in [1.82, 2.24) is 10.6 Å². The van der Waals surface area contributed by atoms with Crippen LogP contribution >= 0.6 is 0 Å². The quantitative estimate of drug-likeness (QED) is 0.871. The molecule has 2 N–H and O–H groups in total. The van der Waals surface area contributed by atoms with E-state index in [1.165, 1.54) is 6.92 Å². The first-order valence-corrected chi connectivity index (χ1v) is 6.10. The van der Waals surface area contributed by atoms with Crippen molar-refractivity contribution in [3.8, 4) is 0 Å². The molecule has 1 heterocycles. The Kier molecular flexibility index (Phi) is 3.80. The summed E-state index contributed by atoms with van der Waals surface area (Å²) in [6.45, 7) is 3.24. The van der Waals surface area contributed by atoms with Crippen molar-refractivity contribution in [3.05, 3.63) is 53.2 Å². The van der Waals surface area contributed by atoms with Crippen LogP contribution in [0.15, 0.2) is 47.7 Å². The summed E-state index contributed by atoms with van der Waals surface area (Å²) in [5.74, 6) is -0.0484. The molecule has 0 saturated carbocycles. The fourth-order valence-corrected chi connectivity index (χ4v) is 2.12. The van der Waals surface area contributed by atoms with Crippen LogP contribution in [0.5, 0.6) is 0 Å². The number of rotatable bonds is 3. The molecule has 0 spiro atoms. The van der Waals surface area contributed by atoms with Crippen LogP contribution in [0.4, 0.5) is 4.79 Å². The number of hydrogen-bond donors (Lipinski definition) is 2. The minimum Gasteiger partial charge on any atom is -0.327 e. The molecule has 0 saturated heterocycles. The lowest BCUT2D eigenvalue weighted by Crippen LogP contribution is -2.48. The van der Waals surface area contributed by atoms with Gasteiger partial charge >= 0.3 is 6.03 Å². The van der Waals surface area contributed by atoms with Crippen molar-refractivity contribution >= 4 is 17.9 Å². The van der Waals surface area contributed by atoms with Crippen molar-refractivity contribution in [2.24, 2.45) is 0 Å². The van der Waals surface area contributed by atoms with Crippen molar-refractivity contribution in [2.75, 3.05) is 0 Å². The van der Waals surface area contributed by atoms with E-state index in [0.29, 0.717) is 11.3 Å². The largest absolute Gasteiger partial charge is 0.327 e. The van der Waals surface area contributed by atoms with E-state index in [4.69, 9.17) is 0 Å². The number of benzene rings is 1. The van der Waals surface area contributed by atoms with Gasteiger partial charge in [0.05, 0.1) is 6.04 Å². The molecule has 1 aliphatic rings. The molecule has 0 fully saturated rings. The van der Waals surface area contributed by atoms with Gasteiger partial charge in [0.25, 0.3) is 0 Å². The zero-order chi connectivity index (χ0) is 13.8. The molecule has 0 radical (unpaired) electrons. The number of Topliss-reactive ketones (excluding diaryl/α,β-unsaturated/α-hetero) is 1. The summed E-state index contributed by atoms with van der Waals surface area (Å²) in [5.41, 5.74) is 2.22. The standard InChI is InChI=1S/C15H16N2O2/c1-10-14(11(2)18)13(17-15(19)16-10)9-8-12-6-4-3-5-7-12/h3-9,13H,1-2H3,(H2,16,17,19)/b9-8-. The number of hydrogen-bond acceptors (Lipinski definition) is 2. The first-order valence-electron chi connectivity index (χ1n) is 6.10. The Bertz CT molecular complexity index is 559. The van der Waals surface area contributed by atoms with Gasteiger partial charge in [0.1, 0.15) is 0 Å². The molecular weight excluding hydrogens is 240 g/mol. The van der Waals surface area contributed by atoms with Crippen LogP contribution < -0.4 is 10.6 Å². The maximum atomic E-state index is 11.7. The van der Waals surface area contributed by atoms with Crippen LogP contribution in [0.1, 0.15) is 19.4 Å². The topological polar surface area (TPSA) is 58.2 Å². The van der Waals surface area contributed by atoms with Crippen molar-refractivity contribution < 1.29 is 9.59 Å². The lowest BCUT2D eigenvalue weighted by molar-refractivity contribution is -0.113. The van der Waals surface area contributed by atoms with E-state index in [2.05, 4.69) is 10.6 Å². The number of nitrogens with one attached hydrogen (secondary N) is 2. The molecule has 2 rings (SSSR count). The fourth-order valence-electron chi connectivity index (χ4n) is 2.12. The van der Waals surface area contributed by atoms with E-state index >= 15 is 0 Å². The van der Waals surface area contributed by atoms with Gasteiger partial charge in [-0.15, -0.1) is 0 Å². The summed E-state index contributed by atoms with van der Waals surface area (Å²) in [4.78, 5) is 23.1. The Hall–Kier alpha value is -2.36. The van der Waals surface area contributed by atoms with Gasteiger partial charge in [-0.2, -0.15) is 0 Å². The molecule has 1 aliphatic heterocycles. The maximum Gasteiger partial charge on any atom is 0.319 e. The molecule has 0 bridgehead atoms. The lowest BCUT2D eigenvalue weighted by atomic mass is 9.98. The highest BCUT2D eigenvalue weighted by molar-refractivity contribution is 5.98. The summed E-state index contributed by atoms with van der Waals surface area (Å²) in [6.07, 6.45) is 3.72. The normalized spacial score (nSPS) is 19.3. The van der Waals surface area contributed by atoms with Crippen molar-refractivity contribution in [3.63, 3.8) is 0 Å². The Labute approximate surface area is 112 Å². The van der Waals surface area contributed by atoms with Crippen LogP contribution in [0, 0.1) is 0 Å². The van der Waals surface area contributed by atoms with Gasteiger partial charge in [-0.1, -0.05) is 42.5 Å².